The van der Waals surface area contributed by atoms with Crippen molar-refractivity contribution >= 4 is 23.3 Å². The molecule has 1 heterocycles. The lowest BCUT2D eigenvalue weighted by Gasteiger charge is -2.36. The highest BCUT2D eigenvalue weighted by atomic mass is 35.5. The summed E-state index contributed by atoms with van der Waals surface area (Å²) in [6, 6.07) is 8.03. The molecule has 1 aromatic carbocycles. The number of rotatable bonds is 2. The van der Waals surface area contributed by atoms with Crippen LogP contribution < -0.4 is 10.2 Å². The number of nitrogens with zero attached hydrogens (tertiary/aromatic N) is 2. The van der Waals surface area contributed by atoms with Gasteiger partial charge in [0.05, 0.1) is 10.7 Å². The van der Waals surface area contributed by atoms with E-state index in [4.69, 9.17) is 11.6 Å². The first-order valence-electron chi connectivity index (χ1n) is 6.63. The number of carbonyl (C=O) groups is 1. The van der Waals surface area contributed by atoms with Gasteiger partial charge >= 0.3 is 6.03 Å². The molecule has 19 heavy (non-hydrogen) atoms. The zero-order valence-electron chi connectivity index (χ0n) is 11.4. The molecule has 0 radical (unpaired) electrons. The lowest BCUT2D eigenvalue weighted by Crippen LogP contribution is -2.53. The van der Waals surface area contributed by atoms with E-state index in [-0.39, 0.29) is 12.1 Å². The van der Waals surface area contributed by atoms with Crippen LogP contribution in [0.3, 0.4) is 0 Å². The van der Waals surface area contributed by atoms with Crippen LogP contribution in [0.25, 0.3) is 0 Å². The maximum absolute atomic E-state index is 11.9. The van der Waals surface area contributed by atoms with Gasteiger partial charge in [-0.2, -0.15) is 0 Å². The fourth-order valence-electron chi connectivity index (χ4n) is 2.20. The van der Waals surface area contributed by atoms with Gasteiger partial charge in [-0.25, -0.2) is 4.79 Å². The normalized spacial score (nSPS) is 15.8. The van der Waals surface area contributed by atoms with Crippen LogP contribution >= 0.6 is 11.6 Å². The maximum Gasteiger partial charge on any atom is 0.317 e. The minimum atomic E-state index is 0.0220. The van der Waals surface area contributed by atoms with Crippen molar-refractivity contribution in [3.63, 3.8) is 0 Å². The molecule has 2 rings (SSSR count). The van der Waals surface area contributed by atoms with E-state index in [0.29, 0.717) is 0 Å². The molecule has 1 aliphatic heterocycles. The lowest BCUT2D eigenvalue weighted by molar-refractivity contribution is 0.192. The first-order valence-corrected chi connectivity index (χ1v) is 7.00. The topological polar surface area (TPSA) is 35.6 Å². The molecule has 1 fully saturated rings. The Morgan fingerprint density at radius 2 is 1.84 bits per heavy atom. The number of hydrogen-bond acceptors (Lipinski definition) is 2. The molecule has 1 N–H and O–H groups in total. The van der Waals surface area contributed by atoms with Crippen LogP contribution in [0.5, 0.6) is 0 Å². The Morgan fingerprint density at radius 3 is 2.42 bits per heavy atom. The summed E-state index contributed by atoms with van der Waals surface area (Å²) in [7, 11) is 0. The van der Waals surface area contributed by atoms with E-state index >= 15 is 0 Å². The molecular formula is C14H20ClN3O. The van der Waals surface area contributed by atoms with Crippen LogP contribution in [0.4, 0.5) is 10.5 Å². The number of halogens is 1. The molecule has 1 saturated heterocycles. The van der Waals surface area contributed by atoms with Gasteiger partial charge in [-0.1, -0.05) is 23.7 Å². The molecule has 104 valence electrons. The molecule has 0 unspecified atom stereocenters. The molecule has 1 aromatic rings. The Morgan fingerprint density at radius 1 is 1.21 bits per heavy atom. The highest BCUT2D eigenvalue weighted by molar-refractivity contribution is 6.33. The lowest BCUT2D eigenvalue weighted by atomic mass is 10.2. The van der Waals surface area contributed by atoms with Gasteiger partial charge in [-0.3, -0.25) is 0 Å². The minimum absolute atomic E-state index is 0.0220. The summed E-state index contributed by atoms with van der Waals surface area (Å²) in [6.45, 7) is 7.02. The Kier molecular flexibility index (Phi) is 4.53. The fraction of sp³-hybridized carbons (Fsp3) is 0.500. The molecule has 4 nitrogen and oxygen atoms in total. The molecule has 0 spiro atoms. The van der Waals surface area contributed by atoms with E-state index in [9.17, 15) is 4.79 Å². The van der Waals surface area contributed by atoms with Gasteiger partial charge in [0.2, 0.25) is 0 Å². The minimum Gasteiger partial charge on any atom is -0.367 e. The predicted molar refractivity (Wildman–Crippen MR) is 78.9 cm³/mol. The smallest absolute Gasteiger partial charge is 0.317 e. The number of benzene rings is 1. The number of anilines is 1. The van der Waals surface area contributed by atoms with Gasteiger partial charge in [-0.05, 0) is 26.0 Å². The number of nitrogens with one attached hydrogen (secondary N) is 1. The van der Waals surface area contributed by atoms with Gasteiger partial charge in [0.15, 0.2) is 0 Å². The molecule has 2 amide bonds. The summed E-state index contributed by atoms with van der Waals surface area (Å²) in [6.07, 6.45) is 0. The number of piperazine rings is 1. The fourth-order valence-corrected chi connectivity index (χ4v) is 2.45. The van der Waals surface area contributed by atoms with Crippen LogP contribution in [0.15, 0.2) is 24.3 Å². The molecule has 0 aliphatic carbocycles. The summed E-state index contributed by atoms with van der Waals surface area (Å²) < 4.78 is 0. The Labute approximate surface area is 119 Å². The first-order chi connectivity index (χ1) is 9.08. The van der Waals surface area contributed by atoms with Gasteiger partial charge in [0.1, 0.15) is 0 Å². The van der Waals surface area contributed by atoms with E-state index in [1.54, 1.807) is 0 Å². The van der Waals surface area contributed by atoms with E-state index in [1.165, 1.54) is 0 Å². The molecule has 0 aromatic heterocycles. The molecule has 0 bridgehead atoms. The van der Waals surface area contributed by atoms with Crippen LogP contribution in [-0.4, -0.2) is 43.2 Å². The van der Waals surface area contributed by atoms with Crippen molar-refractivity contribution in [3.8, 4) is 0 Å². The van der Waals surface area contributed by atoms with Crippen LogP contribution in [0, 0.1) is 0 Å². The highest BCUT2D eigenvalue weighted by Gasteiger charge is 2.22. The van der Waals surface area contributed by atoms with Crippen molar-refractivity contribution in [1.82, 2.24) is 10.2 Å². The average molecular weight is 282 g/mol. The third-order valence-corrected chi connectivity index (χ3v) is 3.49. The van der Waals surface area contributed by atoms with Gasteiger partial charge in [0.25, 0.3) is 0 Å². The number of para-hydroxylation sites is 1. The summed E-state index contributed by atoms with van der Waals surface area (Å²) >= 11 is 6.19. The third kappa shape index (κ3) is 3.53. The van der Waals surface area contributed by atoms with Crippen molar-refractivity contribution in [1.29, 1.82) is 0 Å². The highest BCUT2D eigenvalue weighted by Crippen LogP contribution is 2.25. The first kappa shape index (κ1) is 14.0. The Bertz CT molecular complexity index is 442. The van der Waals surface area contributed by atoms with Crippen LogP contribution in [-0.2, 0) is 0 Å². The molecule has 0 atom stereocenters. The van der Waals surface area contributed by atoms with E-state index in [0.717, 1.165) is 36.9 Å². The largest absolute Gasteiger partial charge is 0.367 e. The number of amides is 2. The van der Waals surface area contributed by atoms with Crippen LogP contribution in [0.2, 0.25) is 5.02 Å². The van der Waals surface area contributed by atoms with Crippen molar-refractivity contribution in [2.24, 2.45) is 0 Å². The molecular weight excluding hydrogens is 262 g/mol. The maximum atomic E-state index is 11.9. The van der Waals surface area contributed by atoms with Gasteiger partial charge in [0, 0.05) is 32.2 Å². The summed E-state index contributed by atoms with van der Waals surface area (Å²) in [4.78, 5) is 16.0. The van der Waals surface area contributed by atoms with E-state index in [2.05, 4.69) is 10.2 Å². The second-order valence-electron chi connectivity index (χ2n) is 5.03. The average Bonchev–Trinajstić information content (AvgIpc) is 2.39. The second-order valence-corrected chi connectivity index (χ2v) is 5.44. The SMILES string of the molecule is CC(C)NC(=O)N1CCN(c2ccccc2Cl)CC1. The van der Waals surface area contributed by atoms with E-state index < -0.39 is 0 Å². The quantitative estimate of drug-likeness (QED) is 0.904. The molecule has 0 saturated carbocycles. The third-order valence-electron chi connectivity index (χ3n) is 3.17. The van der Waals surface area contributed by atoms with Gasteiger partial charge < -0.3 is 15.1 Å². The monoisotopic (exact) mass is 281 g/mol. The van der Waals surface area contributed by atoms with Crippen molar-refractivity contribution in [2.45, 2.75) is 19.9 Å². The Balaban J connectivity index is 1.93. The number of urea groups is 1. The Hall–Kier alpha value is -1.42. The summed E-state index contributed by atoms with van der Waals surface area (Å²) in [5.74, 6) is 0. The molecule has 1 aliphatic rings. The van der Waals surface area contributed by atoms with Crippen molar-refractivity contribution in [2.75, 3.05) is 31.1 Å². The van der Waals surface area contributed by atoms with Crippen molar-refractivity contribution < 1.29 is 4.79 Å². The number of carbonyl (C=O) groups excluding carboxylic acids is 1. The van der Waals surface area contributed by atoms with Crippen molar-refractivity contribution in [3.05, 3.63) is 29.3 Å². The standard InChI is InChI=1S/C14H20ClN3O/c1-11(2)16-14(19)18-9-7-17(8-10-18)13-6-4-3-5-12(13)15/h3-6,11H,7-10H2,1-2H3,(H,16,19). The zero-order chi connectivity index (χ0) is 13.8. The van der Waals surface area contributed by atoms with Gasteiger partial charge in [-0.15, -0.1) is 0 Å². The number of hydrogen-bond donors (Lipinski definition) is 1. The predicted octanol–water partition coefficient (Wildman–Crippen LogP) is 2.58. The van der Waals surface area contributed by atoms with E-state index in [1.807, 2.05) is 43.0 Å². The van der Waals surface area contributed by atoms with Crippen LogP contribution in [0.1, 0.15) is 13.8 Å². The second kappa shape index (κ2) is 6.15. The zero-order valence-corrected chi connectivity index (χ0v) is 12.2. The summed E-state index contributed by atoms with van der Waals surface area (Å²) in [5, 5.41) is 3.69. The summed E-state index contributed by atoms with van der Waals surface area (Å²) in [5.41, 5.74) is 1.05. The molecule has 5 heteroatoms.